The largest absolute Gasteiger partial charge is 0.481 e. The maximum Gasteiger partial charge on any atom is 0.215 e. The lowest BCUT2D eigenvalue weighted by Crippen LogP contribution is -2.03. The van der Waals surface area contributed by atoms with Crippen molar-refractivity contribution in [2.75, 3.05) is 7.11 Å². The van der Waals surface area contributed by atoms with E-state index in [1.807, 2.05) is 26.0 Å². The number of hydrogen-bond donors (Lipinski definition) is 1. The zero-order valence-corrected chi connectivity index (χ0v) is 13.4. The van der Waals surface area contributed by atoms with Gasteiger partial charge in [-0.15, -0.1) is 0 Å². The van der Waals surface area contributed by atoms with Gasteiger partial charge in [-0.3, -0.25) is 9.19 Å². The highest BCUT2D eigenvalue weighted by Gasteiger charge is 2.14. The first-order chi connectivity index (χ1) is 10.6. The number of pyridine rings is 2. The fourth-order valence-electron chi connectivity index (χ4n) is 2.16. The molecule has 0 saturated heterocycles. The van der Waals surface area contributed by atoms with Gasteiger partial charge >= 0.3 is 0 Å². The molecule has 0 spiro atoms. The summed E-state index contributed by atoms with van der Waals surface area (Å²) < 4.78 is 17.6. The van der Waals surface area contributed by atoms with Gasteiger partial charge in [0.2, 0.25) is 5.88 Å². The van der Waals surface area contributed by atoms with E-state index in [1.165, 1.54) is 0 Å². The van der Waals surface area contributed by atoms with E-state index in [2.05, 4.69) is 19.9 Å². The molecular formula is C15H16N4O2S. The Kier molecular flexibility index (Phi) is 3.89. The topological polar surface area (TPSA) is 80.8 Å². The number of ether oxygens (including phenoxy) is 1. The summed E-state index contributed by atoms with van der Waals surface area (Å²) in [5, 5.41) is 0.400. The van der Waals surface area contributed by atoms with Crippen LogP contribution >= 0.6 is 0 Å². The molecule has 6 nitrogen and oxygen atoms in total. The number of rotatable bonds is 4. The second kappa shape index (κ2) is 5.84. The van der Waals surface area contributed by atoms with E-state index >= 15 is 0 Å². The molecule has 1 atom stereocenters. The average molecular weight is 316 g/mol. The minimum Gasteiger partial charge on any atom is -0.481 e. The summed E-state index contributed by atoms with van der Waals surface area (Å²) in [6, 6.07) is 5.58. The van der Waals surface area contributed by atoms with Crippen LogP contribution in [0.15, 0.2) is 29.6 Å². The van der Waals surface area contributed by atoms with Crippen molar-refractivity contribution in [1.29, 1.82) is 0 Å². The fourth-order valence-corrected chi connectivity index (χ4v) is 3.26. The predicted molar refractivity (Wildman–Crippen MR) is 84.3 cm³/mol. The van der Waals surface area contributed by atoms with Crippen molar-refractivity contribution in [2.45, 2.75) is 24.8 Å². The molecule has 1 N–H and O–H groups in total. The number of fused-ring (bicyclic) bond motifs is 1. The summed E-state index contributed by atoms with van der Waals surface area (Å²) in [7, 11) is 0.245. The molecule has 0 aliphatic rings. The third kappa shape index (κ3) is 2.85. The third-order valence-corrected chi connectivity index (χ3v) is 4.47. The van der Waals surface area contributed by atoms with E-state index in [1.54, 1.807) is 19.4 Å². The predicted octanol–water partition coefficient (Wildman–Crippen LogP) is 2.29. The first-order valence-electron chi connectivity index (χ1n) is 6.78. The molecule has 0 aliphatic carbocycles. The van der Waals surface area contributed by atoms with Crippen molar-refractivity contribution in [3.8, 4) is 5.88 Å². The van der Waals surface area contributed by atoms with Gasteiger partial charge in [-0.1, -0.05) is 6.07 Å². The zero-order valence-electron chi connectivity index (χ0n) is 12.6. The summed E-state index contributed by atoms with van der Waals surface area (Å²) in [6.45, 7) is 3.95. The lowest BCUT2D eigenvalue weighted by molar-refractivity contribution is 0.399. The molecule has 0 amide bonds. The Hall–Kier alpha value is -2.28. The molecule has 0 aromatic carbocycles. The molecule has 22 heavy (non-hydrogen) atoms. The molecule has 3 aromatic rings. The highest BCUT2D eigenvalue weighted by molar-refractivity contribution is 7.84. The highest BCUT2D eigenvalue weighted by atomic mass is 32.2. The molecule has 114 valence electrons. The van der Waals surface area contributed by atoms with E-state index in [4.69, 9.17) is 4.74 Å². The monoisotopic (exact) mass is 316 g/mol. The Labute approximate surface area is 130 Å². The Bertz CT molecular complexity index is 860. The number of imidazole rings is 1. The van der Waals surface area contributed by atoms with E-state index in [0.717, 1.165) is 22.3 Å². The number of aromatic amines is 1. The average Bonchev–Trinajstić information content (AvgIpc) is 2.93. The molecule has 0 bridgehead atoms. The van der Waals surface area contributed by atoms with Gasteiger partial charge in [0.15, 0.2) is 10.8 Å². The van der Waals surface area contributed by atoms with Crippen molar-refractivity contribution < 1.29 is 8.95 Å². The van der Waals surface area contributed by atoms with Crippen LogP contribution in [0.4, 0.5) is 0 Å². The Morgan fingerprint density at radius 1 is 1.27 bits per heavy atom. The number of methoxy groups -OCH3 is 1. The number of nitrogens with one attached hydrogen (secondary N) is 1. The van der Waals surface area contributed by atoms with E-state index in [-0.39, 0.29) is 0 Å². The Morgan fingerprint density at radius 2 is 2.09 bits per heavy atom. The summed E-state index contributed by atoms with van der Waals surface area (Å²) in [5.74, 6) is 0.802. The molecule has 0 fully saturated rings. The number of hydrogen-bond acceptors (Lipinski definition) is 5. The molecule has 7 heteroatoms. The van der Waals surface area contributed by atoms with Crippen LogP contribution in [0.25, 0.3) is 11.2 Å². The smallest absolute Gasteiger partial charge is 0.215 e. The van der Waals surface area contributed by atoms with Crippen molar-refractivity contribution in [1.82, 2.24) is 19.9 Å². The van der Waals surface area contributed by atoms with Gasteiger partial charge in [0.1, 0.15) is 0 Å². The molecule has 0 radical (unpaired) electrons. The maximum atomic E-state index is 12.5. The Morgan fingerprint density at radius 3 is 2.82 bits per heavy atom. The first kappa shape index (κ1) is 14.6. The summed E-state index contributed by atoms with van der Waals surface area (Å²) >= 11 is 0. The van der Waals surface area contributed by atoms with Gasteiger partial charge in [0.25, 0.3) is 0 Å². The van der Waals surface area contributed by atoms with Crippen LogP contribution in [0.3, 0.4) is 0 Å². The second-order valence-corrected chi connectivity index (χ2v) is 6.40. The second-order valence-electron chi connectivity index (χ2n) is 5.03. The number of aromatic nitrogens is 4. The summed E-state index contributed by atoms with van der Waals surface area (Å²) in [6.07, 6.45) is 1.78. The lowest BCUT2D eigenvalue weighted by atomic mass is 10.2. The van der Waals surface area contributed by atoms with Crippen LogP contribution in [0.2, 0.25) is 0 Å². The number of aryl methyl sites for hydroxylation is 2. The summed E-state index contributed by atoms with van der Waals surface area (Å²) in [5.41, 5.74) is 4.17. The fraction of sp³-hybridized carbons (Fsp3) is 0.267. The lowest BCUT2D eigenvalue weighted by Gasteiger charge is -2.04. The van der Waals surface area contributed by atoms with Gasteiger partial charge < -0.3 is 9.72 Å². The maximum absolute atomic E-state index is 12.5. The molecule has 3 heterocycles. The molecule has 0 aliphatic heterocycles. The van der Waals surface area contributed by atoms with Crippen molar-refractivity contribution >= 4 is 22.0 Å². The highest BCUT2D eigenvalue weighted by Crippen LogP contribution is 2.18. The first-order valence-corrected chi connectivity index (χ1v) is 8.10. The van der Waals surface area contributed by atoms with Gasteiger partial charge in [0, 0.05) is 12.3 Å². The number of H-pyrrole nitrogens is 1. The standard InChI is InChI=1S/C15H16N4O2S/c1-9-6-10(2)12(16-7-9)8-22(20)15-17-11-4-5-13(21-3)18-14(11)19-15/h4-7H,8H2,1-3H3,(H,17,18,19). The molecule has 3 rings (SSSR count). The van der Waals surface area contributed by atoms with Crippen molar-refractivity contribution in [2.24, 2.45) is 0 Å². The van der Waals surface area contributed by atoms with Crippen LogP contribution in [-0.2, 0) is 16.6 Å². The van der Waals surface area contributed by atoms with Crippen LogP contribution in [0.1, 0.15) is 16.8 Å². The summed E-state index contributed by atoms with van der Waals surface area (Å²) in [4.78, 5) is 15.9. The van der Waals surface area contributed by atoms with Gasteiger partial charge in [-0.2, -0.15) is 4.98 Å². The number of nitrogens with zero attached hydrogens (tertiary/aromatic N) is 3. The van der Waals surface area contributed by atoms with Crippen LogP contribution in [-0.4, -0.2) is 31.3 Å². The minimum atomic E-state index is -1.30. The van der Waals surface area contributed by atoms with E-state index < -0.39 is 10.8 Å². The quantitative estimate of drug-likeness (QED) is 0.798. The van der Waals surface area contributed by atoms with Crippen LogP contribution in [0.5, 0.6) is 5.88 Å². The molecule has 3 aromatic heterocycles. The minimum absolute atomic E-state index is 0.322. The molecule has 1 unspecified atom stereocenters. The van der Waals surface area contributed by atoms with Crippen LogP contribution in [0, 0.1) is 13.8 Å². The van der Waals surface area contributed by atoms with Crippen LogP contribution < -0.4 is 4.74 Å². The van der Waals surface area contributed by atoms with Gasteiger partial charge in [-0.25, -0.2) is 4.98 Å². The molecular weight excluding hydrogens is 300 g/mol. The van der Waals surface area contributed by atoms with E-state index in [9.17, 15) is 4.21 Å². The van der Waals surface area contributed by atoms with Crippen molar-refractivity contribution in [3.63, 3.8) is 0 Å². The third-order valence-electron chi connectivity index (χ3n) is 3.31. The van der Waals surface area contributed by atoms with Crippen molar-refractivity contribution in [3.05, 3.63) is 41.2 Å². The Balaban J connectivity index is 1.88. The SMILES string of the molecule is COc1ccc2[nH]c(S(=O)Cc3ncc(C)cc3C)nc2n1. The normalized spacial score (nSPS) is 12.5. The molecule has 0 saturated carbocycles. The van der Waals surface area contributed by atoms with E-state index in [0.29, 0.717) is 22.4 Å². The zero-order chi connectivity index (χ0) is 15.7. The van der Waals surface area contributed by atoms with Gasteiger partial charge in [-0.05, 0) is 31.0 Å². The van der Waals surface area contributed by atoms with Gasteiger partial charge in [0.05, 0.1) is 34.9 Å².